The number of carbonyl (C=O) groups is 1. The highest BCUT2D eigenvalue weighted by Crippen LogP contribution is 2.22. The van der Waals surface area contributed by atoms with E-state index in [0.29, 0.717) is 5.78 Å². The number of carbonyl (C=O) groups excluding carboxylic acids is 1. The van der Waals surface area contributed by atoms with Gasteiger partial charge in [0, 0.05) is 12.3 Å². The van der Waals surface area contributed by atoms with Crippen molar-refractivity contribution in [2.75, 3.05) is 0 Å². The molecule has 1 heteroatoms. The van der Waals surface area contributed by atoms with Crippen LogP contribution in [0.25, 0.3) is 0 Å². The molecular formula is C15H26O. The second-order valence-electron chi connectivity index (χ2n) is 4.95. The minimum absolute atomic E-state index is 0.264. The maximum Gasteiger partial charge on any atom is 0.139 e. The van der Waals surface area contributed by atoms with Gasteiger partial charge in [-0.05, 0) is 25.7 Å². The van der Waals surface area contributed by atoms with Crippen LogP contribution in [0.1, 0.15) is 71.1 Å². The Morgan fingerprint density at radius 2 is 1.94 bits per heavy atom. The van der Waals surface area contributed by atoms with Crippen molar-refractivity contribution in [2.24, 2.45) is 5.92 Å². The summed E-state index contributed by atoms with van der Waals surface area (Å²) in [6.07, 6.45) is 16.7. The number of hydrogen-bond acceptors (Lipinski definition) is 1. The first-order chi connectivity index (χ1) is 7.84. The smallest absolute Gasteiger partial charge is 0.139 e. The molecule has 0 aromatic heterocycles. The van der Waals surface area contributed by atoms with E-state index in [1.54, 1.807) is 0 Å². The van der Waals surface area contributed by atoms with Crippen LogP contribution in [0.15, 0.2) is 12.2 Å². The van der Waals surface area contributed by atoms with Crippen LogP contribution >= 0.6 is 0 Å². The summed E-state index contributed by atoms with van der Waals surface area (Å²) >= 11 is 0. The summed E-state index contributed by atoms with van der Waals surface area (Å²) in [5.74, 6) is 0.722. The van der Waals surface area contributed by atoms with E-state index in [0.717, 1.165) is 25.7 Å². The third-order valence-corrected chi connectivity index (χ3v) is 3.44. The predicted octanol–water partition coefficient (Wildman–Crippen LogP) is 4.66. The highest BCUT2D eigenvalue weighted by Gasteiger charge is 2.20. The lowest BCUT2D eigenvalue weighted by atomic mass is 10.0. The average Bonchev–Trinajstić information content (AvgIpc) is 2.68. The third kappa shape index (κ3) is 5.48. The molecule has 0 radical (unpaired) electrons. The van der Waals surface area contributed by atoms with Gasteiger partial charge in [-0.1, -0.05) is 51.2 Å². The van der Waals surface area contributed by atoms with Gasteiger partial charge in [0.25, 0.3) is 0 Å². The molecule has 0 saturated heterocycles. The van der Waals surface area contributed by atoms with Crippen molar-refractivity contribution in [2.45, 2.75) is 71.1 Å². The fraction of sp³-hybridized carbons (Fsp3) is 0.800. The minimum Gasteiger partial charge on any atom is -0.299 e. The van der Waals surface area contributed by atoms with Crippen LogP contribution in [0, 0.1) is 5.92 Å². The Labute approximate surface area is 100 Å². The van der Waals surface area contributed by atoms with Gasteiger partial charge in [0.05, 0.1) is 0 Å². The first-order valence-electron chi connectivity index (χ1n) is 7.04. The zero-order valence-corrected chi connectivity index (χ0v) is 10.7. The average molecular weight is 222 g/mol. The first kappa shape index (κ1) is 13.5. The van der Waals surface area contributed by atoms with E-state index in [9.17, 15) is 4.79 Å². The lowest BCUT2D eigenvalue weighted by Gasteiger charge is -2.00. The Hall–Kier alpha value is -0.590. The molecule has 16 heavy (non-hydrogen) atoms. The van der Waals surface area contributed by atoms with Gasteiger partial charge in [-0.15, -0.1) is 0 Å². The highest BCUT2D eigenvalue weighted by atomic mass is 16.1. The Balaban J connectivity index is 1.94. The van der Waals surface area contributed by atoms with Crippen molar-refractivity contribution < 1.29 is 4.79 Å². The number of ketones is 1. The quantitative estimate of drug-likeness (QED) is 0.431. The van der Waals surface area contributed by atoms with Crippen LogP contribution in [0.2, 0.25) is 0 Å². The lowest BCUT2D eigenvalue weighted by Crippen LogP contribution is -2.01. The molecule has 0 amide bonds. The molecule has 1 nitrogen and oxygen atoms in total. The van der Waals surface area contributed by atoms with Gasteiger partial charge < -0.3 is 0 Å². The lowest BCUT2D eigenvalue weighted by molar-refractivity contribution is -0.119. The van der Waals surface area contributed by atoms with E-state index in [1.165, 1.54) is 38.5 Å². The summed E-state index contributed by atoms with van der Waals surface area (Å²) in [7, 11) is 0. The van der Waals surface area contributed by atoms with Crippen LogP contribution in [0.5, 0.6) is 0 Å². The van der Waals surface area contributed by atoms with Crippen LogP contribution in [-0.2, 0) is 4.79 Å². The second kappa shape index (κ2) is 8.55. The summed E-state index contributed by atoms with van der Waals surface area (Å²) in [6.45, 7) is 2.25. The Bertz CT molecular complexity index is 217. The van der Waals surface area contributed by atoms with Crippen molar-refractivity contribution in [1.82, 2.24) is 0 Å². The molecule has 1 aliphatic rings. The highest BCUT2D eigenvalue weighted by molar-refractivity contribution is 5.84. The van der Waals surface area contributed by atoms with Gasteiger partial charge in [-0.3, -0.25) is 4.79 Å². The molecule has 0 aromatic carbocycles. The molecule has 0 aliphatic heterocycles. The van der Waals surface area contributed by atoms with Gasteiger partial charge in [0.2, 0.25) is 0 Å². The maximum atomic E-state index is 11.4. The molecule has 0 heterocycles. The van der Waals surface area contributed by atoms with Crippen LogP contribution in [0.4, 0.5) is 0 Å². The summed E-state index contributed by atoms with van der Waals surface area (Å²) in [5, 5.41) is 0. The topological polar surface area (TPSA) is 17.1 Å². The fourth-order valence-corrected chi connectivity index (χ4v) is 2.35. The largest absolute Gasteiger partial charge is 0.299 e. The molecule has 0 N–H and O–H groups in total. The van der Waals surface area contributed by atoms with Crippen molar-refractivity contribution in [3.05, 3.63) is 12.2 Å². The van der Waals surface area contributed by atoms with E-state index in [2.05, 4.69) is 19.1 Å². The summed E-state index contributed by atoms with van der Waals surface area (Å²) in [4.78, 5) is 11.4. The van der Waals surface area contributed by atoms with Crippen molar-refractivity contribution in [1.29, 1.82) is 0 Å². The van der Waals surface area contributed by atoms with Crippen LogP contribution in [0.3, 0.4) is 0 Å². The van der Waals surface area contributed by atoms with E-state index < -0.39 is 0 Å². The van der Waals surface area contributed by atoms with Crippen molar-refractivity contribution >= 4 is 5.78 Å². The minimum atomic E-state index is 0.264. The molecule has 1 saturated carbocycles. The van der Waals surface area contributed by atoms with Crippen LogP contribution < -0.4 is 0 Å². The number of allylic oxidation sites excluding steroid dienone is 2. The monoisotopic (exact) mass is 222 g/mol. The summed E-state index contributed by atoms with van der Waals surface area (Å²) in [6, 6.07) is 0. The predicted molar refractivity (Wildman–Crippen MR) is 69.5 cm³/mol. The van der Waals surface area contributed by atoms with Crippen molar-refractivity contribution in [3.8, 4) is 0 Å². The van der Waals surface area contributed by atoms with Gasteiger partial charge >= 0.3 is 0 Å². The van der Waals surface area contributed by atoms with Gasteiger partial charge in [0.15, 0.2) is 0 Å². The Morgan fingerprint density at radius 1 is 1.19 bits per heavy atom. The van der Waals surface area contributed by atoms with Crippen LogP contribution in [-0.4, -0.2) is 5.78 Å². The van der Waals surface area contributed by atoms with Gasteiger partial charge in [0.1, 0.15) is 5.78 Å². The number of Topliss-reactive ketones (excluding diaryl/α,β-unsaturated/α-hetero) is 1. The van der Waals surface area contributed by atoms with E-state index in [-0.39, 0.29) is 5.92 Å². The zero-order valence-electron chi connectivity index (χ0n) is 10.7. The third-order valence-electron chi connectivity index (χ3n) is 3.44. The summed E-state index contributed by atoms with van der Waals surface area (Å²) < 4.78 is 0. The van der Waals surface area contributed by atoms with E-state index in [4.69, 9.17) is 0 Å². The maximum absolute atomic E-state index is 11.4. The number of rotatable bonds is 8. The Kier molecular flexibility index (Phi) is 7.20. The molecule has 1 atom stereocenters. The molecule has 0 bridgehead atoms. The van der Waals surface area contributed by atoms with E-state index >= 15 is 0 Å². The molecule has 1 fully saturated rings. The molecule has 1 rings (SSSR count). The zero-order chi connectivity index (χ0) is 11.6. The van der Waals surface area contributed by atoms with Gasteiger partial charge in [-0.25, -0.2) is 0 Å². The first-order valence-corrected chi connectivity index (χ1v) is 7.04. The molecule has 92 valence electrons. The SMILES string of the molecule is CCCCCCCC/C=C/C1CCCC1=O. The standard InChI is InChI=1S/C15H26O/c1-2-3-4-5-6-7-8-9-11-14-12-10-13-15(14)16/h9,11,14H,2-8,10,12-13H2,1H3/b11-9+. The van der Waals surface area contributed by atoms with Crippen molar-refractivity contribution in [3.63, 3.8) is 0 Å². The molecule has 0 aromatic rings. The number of unbranched alkanes of at least 4 members (excludes halogenated alkanes) is 6. The number of hydrogen-bond donors (Lipinski definition) is 0. The molecular weight excluding hydrogens is 196 g/mol. The van der Waals surface area contributed by atoms with E-state index in [1.807, 2.05) is 0 Å². The summed E-state index contributed by atoms with van der Waals surface area (Å²) in [5.41, 5.74) is 0. The molecule has 1 aliphatic carbocycles. The van der Waals surface area contributed by atoms with Gasteiger partial charge in [-0.2, -0.15) is 0 Å². The Morgan fingerprint density at radius 3 is 2.62 bits per heavy atom. The molecule has 1 unspecified atom stereocenters. The molecule has 0 spiro atoms. The second-order valence-corrected chi connectivity index (χ2v) is 4.95. The normalized spacial score (nSPS) is 21.1. The fourth-order valence-electron chi connectivity index (χ4n) is 2.35.